The van der Waals surface area contributed by atoms with Crippen molar-refractivity contribution in [3.05, 3.63) is 12.4 Å². The van der Waals surface area contributed by atoms with E-state index in [1.54, 1.807) is 17.1 Å². The van der Waals surface area contributed by atoms with Crippen LogP contribution < -0.4 is 5.32 Å². The smallest absolute Gasteiger partial charge is 0.244 e. The van der Waals surface area contributed by atoms with E-state index in [0.29, 0.717) is 0 Å². The molecule has 0 aliphatic carbocycles. The fourth-order valence-electron chi connectivity index (χ4n) is 2.16. The highest BCUT2D eigenvalue weighted by Crippen LogP contribution is 2.10. The standard InChI is InChI=1S/C10H17N5O/c1-8-5-11-6-9(2)15(8)10(16)7-14-4-3-12-13-14/h3-4,8-9,11H,5-7H2,1-2H3. The lowest BCUT2D eigenvalue weighted by Gasteiger charge is -2.39. The van der Waals surface area contributed by atoms with E-state index in [2.05, 4.69) is 29.5 Å². The molecule has 0 radical (unpaired) electrons. The molecule has 0 saturated carbocycles. The Morgan fingerprint density at radius 2 is 2.12 bits per heavy atom. The number of piperazine rings is 1. The van der Waals surface area contributed by atoms with Gasteiger partial charge in [-0.05, 0) is 13.8 Å². The Morgan fingerprint density at radius 3 is 2.69 bits per heavy atom. The average molecular weight is 223 g/mol. The number of rotatable bonds is 2. The van der Waals surface area contributed by atoms with Crippen LogP contribution in [-0.2, 0) is 11.3 Å². The number of nitrogens with zero attached hydrogens (tertiary/aromatic N) is 4. The first-order valence-electron chi connectivity index (χ1n) is 5.54. The summed E-state index contributed by atoms with van der Waals surface area (Å²) in [6, 6.07) is 0.472. The van der Waals surface area contributed by atoms with Crippen molar-refractivity contribution in [2.75, 3.05) is 13.1 Å². The van der Waals surface area contributed by atoms with E-state index < -0.39 is 0 Å². The molecule has 6 heteroatoms. The molecule has 1 saturated heterocycles. The second-order valence-electron chi connectivity index (χ2n) is 4.26. The van der Waals surface area contributed by atoms with Gasteiger partial charge in [0.05, 0.1) is 6.20 Å². The summed E-state index contributed by atoms with van der Waals surface area (Å²) in [5.74, 6) is 0.104. The molecule has 2 heterocycles. The lowest BCUT2D eigenvalue weighted by Crippen LogP contribution is -2.57. The van der Waals surface area contributed by atoms with E-state index >= 15 is 0 Å². The summed E-state index contributed by atoms with van der Waals surface area (Å²) >= 11 is 0. The summed E-state index contributed by atoms with van der Waals surface area (Å²) in [6.45, 7) is 6.10. The predicted molar refractivity (Wildman–Crippen MR) is 58.7 cm³/mol. The van der Waals surface area contributed by atoms with Crippen LogP contribution in [-0.4, -0.2) is 51.0 Å². The number of carbonyl (C=O) groups is 1. The Hall–Kier alpha value is -1.43. The SMILES string of the molecule is CC1CNCC(C)N1C(=O)Cn1ccnn1. The minimum atomic E-state index is 0.104. The molecule has 0 spiro atoms. The van der Waals surface area contributed by atoms with Crippen molar-refractivity contribution in [1.29, 1.82) is 0 Å². The van der Waals surface area contributed by atoms with Gasteiger partial charge < -0.3 is 10.2 Å². The van der Waals surface area contributed by atoms with Gasteiger partial charge in [-0.15, -0.1) is 5.10 Å². The Balaban J connectivity index is 2.02. The van der Waals surface area contributed by atoms with Crippen LogP contribution in [0.15, 0.2) is 12.4 Å². The highest BCUT2D eigenvalue weighted by molar-refractivity contribution is 5.76. The molecule has 2 atom stereocenters. The quantitative estimate of drug-likeness (QED) is 0.733. The second-order valence-corrected chi connectivity index (χ2v) is 4.26. The summed E-state index contributed by atoms with van der Waals surface area (Å²) in [4.78, 5) is 14.0. The second kappa shape index (κ2) is 4.61. The van der Waals surface area contributed by atoms with Crippen LogP contribution in [0.4, 0.5) is 0 Å². The highest BCUT2D eigenvalue weighted by Gasteiger charge is 2.28. The average Bonchev–Trinajstić information content (AvgIpc) is 2.70. The van der Waals surface area contributed by atoms with E-state index in [-0.39, 0.29) is 24.5 Å². The van der Waals surface area contributed by atoms with Gasteiger partial charge in [-0.2, -0.15) is 0 Å². The third-order valence-electron chi connectivity index (χ3n) is 2.89. The fraction of sp³-hybridized carbons (Fsp3) is 0.700. The van der Waals surface area contributed by atoms with Crippen LogP contribution in [0.5, 0.6) is 0 Å². The van der Waals surface area contributed by atoms with Crippen molar-refractivity contribution in [1.82, 2.24) is 25.2 Å². The highest BCUT2D eigenvalue weighted by atomic mass is 16.2. The van der Waals surface area contributed by atoms with E-state index in [1.807, 2.05) is 4.90 Å². The number of aromatic nitrogens is 3. The number of nitrogens with one attached hydrogen (secondary N) is 1. The van der Waals surface area contributed by atoms with Crippen molar-refractivity contribution in [2.24, 2.45) is 0 Å². The molecular weight excluding hydrogens is 206 g/mol. The third-order valence-corrected chi connectivity index (χ3v) is 2.89. The maximum Gasteiger partial charge on any atom is 0.244 e. The van der Waals surface area contributed by atoms with Gasteiger partial charge in [0.15, 0.2) is 0 Å². The van der Waals surface area contributed by atoms with Gasteiger partial charge in [-0.3, -0.25) is 4.79 Å². The molecule has 2 unspecified atom stereocenters. The molecule has 0 bridgehead atoms. The zero-order valence-corrected chi connectivity index (χ0v) is 9.63. The van der Waals surface area contributed by atoms with Crippen LogP contribution in [0.25, 0.3) is 0 Å². The van der Waals surface area contributed by atoms with E-state index in [4.69, 9.17) is 0 Å². The van der Waals surface area contributed by atoms with Crippen LogP contribution in [0.2, 0.25) is 0 Å². The summed E-state index contributed by atoms with van der Waals surface area (Å²) in [7, 11) is 0. The summed E-state index contributed by atoms with van der Waals surface area (Å²) in [5, 5.41) is 10.8. The number of carbonyl (C=O) groups excluding carboxylic acids is 1. The molecule has 88 valence electrons. The largest absolute Gasteiger partial charge is 0.333 e. The monoisotopic (exact) mass is 223 g/mol. The molecule has 1 aliphatic heterocycles. The minimum Gasteiger partial charge on any atom is -0.333 e. The van der Waals surface area contributed by atoms with Crippen LogP contribution in [0.1, 0.15) is 13.8 Å². The van der Waals surface area contributed by atoms with Crippen molar-refractivity contribution >= 4 is 5.91 Å². The van der Waals surface area contributed by atoms with Crippen LogP contribution >= 0.6 is 0 Å². The third kappa shape index (κ3) is 2.21. The Morgan fingerprint density at radius 1 is 1.44 bits per heavy atom. The summed E-state index contributed by atoms with van der Waals surface area (Å²) in [5.41, 5.74) is 0. The van der Waals surface area contributed by atoms with Gasteiger partial charge in [0.2, 0.25) is 5.91 Å². The molecule has 1 N–H and O–H groups in total. The molecule has 1 aliphatic rings. The molecule has 1 aromatic heterocycles. The molecule has 6 nitrogen and oxygen atoms in total. The first-order chi connectivity index (χ1) is 7.68. The topological polar surface area (TPSA) is 63.1 Å². The van der Waals surface area contributed by atoms with Crippen molar-refractivity contribution in [3.8, 4) is 0 Å². The minimum absolute atomic E-state index is 0.104. The van der Waals surface area contributed by atoms with Crippen LogP contribution in [0, 0.1) is 0 Å². The van der Waals surface area contributed by atoms with E-state index in [1.165, 1.54) is 0 Å². The Labute approximate surface area is 94.6 Å². The Bertz CT molecular complexity index is 340. The van der Waals surface area contributed by atoms with Gasteiger partial charge in [-0.1, -0.05) is 5.21 Å². The summed E-state index contributed by atoms with van der Waals surface area (Å²) in [6.07, 6.45) is 3.29. The predicted octanol–water partition coefficient (Wildman–Crippen LogP) is -0.513. The first kappa shape index (κ1) is 11.1. The first-order valence-corrected chi connectivity index (χ1v) is 5.54. The zero-order chi connectivity index (χ0) is 11.5. The van der Waals surface area contributed by atoms with E-state index in [0.717, 1.165) is 13.1 Å². The normalized spacial score (nSPS) is 25.8. The maximum absolute atomic E-state index is 12.1. The van der Waals surface area contributed by atoms with Crippen molar-refractivity contribution in [3.63, 3.8) is 0 Å². The zero-order valence-electron chi connectivity index (χ0n) is 9.63. The number of hydrogen-bond donors (Lipinski definition) is 1. The molecule has 1 aromatic rings. The molecule has 1 fully saturated rings. The molecule has 0 aromatic carbocycles. The summed E-state index contributed by atoms with van der Waals surface area (Å²) < 4.78 is 1.56. The van der Waals surface area contributed by atoms with Gasteiger partial charge in [0.25, 0.3) is 0 Å². The van der Waals surface area contributed by atoms with E-state index in [9.17, 15) is 4.79 Å². The lowest BCUT2D eigenvalue weighted by molar-refractivity contribution is -0.137. The van der Waals surface area contributed by atoms with Gasteiger partial charge in [0, 0.05) is 31.4 Å². The van der Waals surface area contributed by atoms with Gasteiger partial charge >= 0.3 is 0 Å². The molecule has 2 rings (SSSR count). The molecule has 16 heavy (non-hydrogen) atoms. The molecule has 1 amide bonds. The van der Waals surface area contributed by atoms with Crippen molar-refractivity contribution < 1.29 is 4.79 Å². The van der Waals surface area contributed by atoms with Gasteiger partial charge in [0.1, 0.15) is 6.54 Å². The van der Waals surface area contributed by atoms with Crippen molar-refractivity contribution in [2.45, 2.75) is 32.5 Å². The lowest BCUT2D eigenvalue weighted by atomic mass is 10.1. The molecular formula is C10H17N5O. The maximum atomic E-state index is 12.1. The van der Waals surface area contributed by atoms with Crippen LogP contribution in [0.3, 0.4) is 0 Å². The number of amides is 1. The Kier molecular flexibility index (Phi) is 3.19. The fourth-order valence-corrected chi connectivity index (χ4v) is 2.16. The van der Waals surface area contributed by atoms with Gasteiger partial charge in [-0.25, -0.2) is 4.68 Å². The number of hydrogen-bond acceptors (Lipinski definition) is 4.